The molecule has 1 aliphatic rings. The molecule has 3 nitrogen and oxygen atoms in total. The van der Waals surface area contributed by atoms with Gasteiger partial charge in [-0.25, -0.2) is 4.79 Å². The number of ether oxygens (including phenoxy) is 1. The van der Waals surface area contributed by atoms with Crippen LogP contribution in [0.15, 0.2) is 24.3 Å². The van der Waals surface area contributed by atoms with Crippen LogP contribution in [0.25, 0.3) is 0 Å². The SMILES string of the molecule is CC(C)CC(C)OC(=O)[C@@H]1Cc2ccccc2N1. The van der Waals surface area contributed by atoms with Gasteiger partial charge in [-0.1, -0.05) is 32.0 Å². The third kappa shape index (κ3) is 3.03. The average molecular weight is 247 g/mol. The Labute approximate surface area is 109 Å². The first kappa shape index (κ1) is 12.9. The van der Waals surface area contributed by atoms with E-state index in [4.69, 9.17) is 4.74 Å². The maximum Gasteiger partial charge on any atom is 0.329 e. The van der Waals surface area contributed by atoms with Gasteiger partial charge in [-0.05, 0) is 30.9 Å². The predicted octanol–water partition coefficient (Wildman–Crippen LogP) is 3.00. The monoisotopic (exact) mass is 247 g/mol. The predicted molar refractivity (Wildman–Crippen MR) is 72.6 cm³/mol. The fourth-order valence-electron chi connectivity index (χ4n) is 2.43. The number of carbonyl (C=O) groups excluding carboxylic acids is 1. The summed E-state index contributed by atoms with van der Waals surface area (Å²) in [6.45, 7) is 6.22. The van der Waals surface area contributed by atoms with Gasteiger partial charge in [-0.2, -0.15) is 0 Å². The molecule has 0 aromatic heterocycles. The van der Waals surface area contributed by atoms with Crippen molar-refractivity contribution in [3.63, 3.8) is 0 Å². The molecule has 0 radical (unpaired) electrons. The Morgan fingerprint density at radius 2 is 2.11 bits per heavy atom. The summed E-state index contributed by atoms with van der Waals surface area (Å²) in [5, 5.41) is 3.22. The van der Waals surface area contributed by atoms with E-state index in [1.165, 1.54) is 5.56 Å². The fourth-order valence-corrected chi connectivity index (χ4v) is 2.43. The van der Waals surface area contributed by atoms with Crippen LogP contribution in [-0.2, 0) is 16.0 Å². The van der Waals surface area contributed by atoms with Crippen LogP contribution >= 0.6 is 0 Å². The number of benzene rings is 1. The lowest BCUT2D eigenvalue weighted by Gasteiger charge is -2.18. The Morgan fingerprint density at radius 1 is 1.39 bits per heavy atom. The summed E-state index contributed by atoms with van der Waals surface area (Å²) in [4.78, 5) is 12.0. The Kier molecular flexibility index (Phi) is 3.90. The Bertz CT molecular complexity index is 403. The second-order valence-corrected chi connectivity index (χ2v) is 5.44. The lowest BCUT2D eigenvalue weighted by atomic mass is 10.1. The lowest BCUT2D eigenvalue weighted by Crippen LogP contribution is -2.32. The quantitative estimate of drug-likeness (QED) is 0.831. The van der Waals surface area contributed by atoms with E-state index in [9.17, 15) is 4.79 Å². The van der Waals surface area contributed by atoms with Gasteiger partial charge in [0.15, 0.2) is 0 Å². The molecule has 2 atom stereocenters. The molecule has 0 saturated carbocycles. The Hall–Kier alpha value is -1.51. The highest BCUT2D eigenvalue weighted by molar-refractivity contribution is 5.82. The summed E-state index contributed by atoms with van der Waals surface area (Å²) in [7, 11) is 0. The van der Waals surface area contributed by atoms with Crippen molar-refractivity contribution in [2.75, 3.05) is 5.32 Å². The molecule has 1 aliphatic heterocycles. The minimum absolute atomic E-state index is 0.0111. The van der Waals surface area contributed by atoms with Gasteiger partial charge < -0.3 is 10.1 Å². The van der Waals surface area contributed by atoms with E-state index in [1.54, 1.807) is 0 Å². The van der Waals surface area contributed by atoms with E-state index in [1.807, 2.05) is 31.2 Å². The molecule has 0 amide bonds. The van der Waals surface area contributed by atoms with Gasteiger partial charge in [0.2, 0.25) is 0 Å². The molecular formula is C15H21NO2. The highest BCUT2D eigenvalue weighted by atomic mass is 16.5. The normalized spacial score (nSPS) is 19.2. The van der Waals surface area contributed by atoms with Crippen LogP contribution in [0.3, 0.4) is 0 Å². The van der Waals surface area contributed by atoms with Crippen molar-refractivity contribution in [1.82, 2.24) is 0 Å². The van der Waals surface area contributed by atoms with Gasteiger partial charge in [0, 0.05) is 12.1 Å². The number of hydrogen-bond donors (Lipinski definition) is 1. The first-order valence-corrected chi connectivity index (χ1v) is 6.61. The van der Waals surface area contributed by atoms with Crippen molar-refractivity contribution in [1.29, 1.82) is 0 Å². The van der Waals surface area contributed by atoms with Crippen molar-refractivity contribution in [3.8, 4) is 0 Å². The van der Waals surface area contributed by atoms with Gasteiger partial charge in [-0.3, -0.25) is 0 Å². The number of fused-ring (bicyclic) bond motifs is 1. The number of nitrogens with one attached hydrogen (secondary N) is 1. The molecule has 98 valence electrons. The second-order valence-electron chi connectivity index (χ2n) is 5.44. The van der Waals surface area contributed by atoms with Gasteiger partial charge >= 0.3 is 5.97 Å². The standard InChI is InChI=1S/C15H21NO2/c1-10(2)8-11(3)18-15(17)14-9-12-6-4-5-7-13(12)16-14/h4-7,10-11,14,16H,8-9H2,1-3H3/t11?,14-/m0/s1. The third-order valence-electron chi connectivity index (χ3n) is 3.18. The first-order valence-electron chi connectivity index (χ1n) is 6.61. The zero-order valence-corrected chi connectivity index (χ0v) is 11.3. The Morgan fingerprint density at radius 3 is 2.78 bits per heavy atom. The van der Waals surface area contributed by atoms with E-state index in [-0.39, 0.29) is 18.1 Å². The van der Waals surface area contributed by atoms with Crippen LogP contribution in [0.1, 0.15) is 32.8 Å². The summed E-state index contributed by atoms with van der Waals surface area (Å²) >= 11 is 0. The summed E-state index contributed by atoms with van der Waals surface area (Å²) in [5.74, 6) is 0.404. The van der Waals surface area contributed by atoms with Crippen LogP contribution in [0.5, 0.6) is 0 Å². The van der Waals surface area contributed by atoms with Crippen LogP contribution < -0.4 is 5.32 Å². The molecule has 0 aliphatic carbocycles. The lowest BCUT2D eigenvalue weighted by molar-refractivity contribution is -0.149. The van der Waals surface area contributed by atoms with E-state index in [0.29, 0.717) is 5.92 Å². The van der Waals surface area contributed by atoms with Crippen molar-refractivity contribution in [2.24, 2.45) is 5.92 Å². The topological polar surface area (TPSA) is 38.3 Å². The number of rotatable bonds is 4. The minimum Gasteiger partial charge on any atom is -0.461 e. The fraction of sp³-hybridized carbons (Fsp3) is 0.533. The van der Waals surface area contributed by atoms with Crippen molar-refractivity contribution in [3.05, 3.63) is 29.8 Å². The molecular weight excluding hydrogens is 226 g/mol. The van der Waals surface area contributed by atoms with Crippen LogP contribution in [-0.4, -0.2) is 18.1 Å². The zero-order valence-electron chi connectivity index (χ0n) is 11.3. The molecule has 1 unspecified atom stereocenters. The van der Waals surface area contributed by atoms with E-state index in [0.717, 1.165) is 18.5 Å². The van der Waals surface area contributed by atoms with Crippen molar-refractivity contribution < 1.29 is 9.53 Å². The molecule has 0 saturated heterocycles. The highest BCUT2D eigenvalue weighted by Gasteiger charge is 2.28. The maximum atomic E-state index is 12.0. The number of hydrogen-bond acceptors (Lipinski definition) is 3. The Balaban J connectivity index is 1.89. The molecule has 1 heterocycles. The van der Waals surface area contributed by atoms with Gasteiger partial charge in [0.1, 0.15) is 6.04 Å². The number of anilines is 1. The van der Waals surface area contributed by atoms with Gasteiger partial charge in [0.25, 0.3) is 0 Å². The minimum atomic E-state index is -0.225. The van der Waals surface area contributed by atoms with Crippen molar-refractivity contribution in [2.45, 2.75) is 45.8 Å². The summed E-state index contributed by atoms with van der Waals surface area (Å²) in [5.41, 5.74) is 2.24. The van der Waals surface area contributed by atoms with Crippen LogP contribution in [0, 0.1) is 5.92 Å². The van der Waals surface area contributed by atoms with E-state index < -0.39 is 0 Å². The second kappa shape index (κ2) is 5.42. The molecule has 1 aromatic rings. The molecule has 18 heavy (non-hydrogen) atoms. The smallest absolute Gasteiger partial charge is 0.329 e. The molecule has 1 N–H and O–H groups in total. The maximum absolute atomic E-state index is 12.0. The number of esters is 1. The molecule has 0 fully saturated rings. The molecule has 3 heteroatoms. The summed E-state index contributed by atoms with van der Waals surface area (Å²) in [6.07, 6.45) is 1.62. The van der Waals surface area contributed by atoms with E-state index in [2.05, 4.69) is 19.2 Å². The van der Waals surface area contributed by atoms with Crippen LogP contribution in [0.4, 0.5) is 5.69 Å². The summed E-state index contributed by atoms with van der Waals surface area (Å²) in [6, 6.07) is 7.79. The summed E-state index contributed by atoms with van der Waals surface area (Å²) < 4.78 is 5.47. The van der Waals surface area contributed by atoms with Crippen LogP contribution in [0.2, 0.25) is 0 Å². The molecule has 2 rings (SSSR count). The largest absolute Gasteiger partial charge is 0.461 e. The van der Waals surface area contributed by atoms with Gasteiger partial charge in [0.05, 0.1) is 6.10 Å². The number of para-hydroxylation sites is 1. The number of carbonyl (C=O) groups is 1. The first-order chi connectivity index (χ1) is 8.56. The van der Waals surface area contributed by atoms with E-state index >= 15 is 0 Å². The third-order valence-corrected chi connectivity index (χ3v) is 3.18. The molecule has 0 bridgehead atoms. The highest BCUT2D eigenvalue weighted by Crippen LogP contribution is 2.26. The molecule has 1 aromatic carbocycles. The van der Waals surface area contributed by atoms with Crippen molar-refractivity contribution >= 4 is 11.7 Å². The zero-order chi connectivity index (χ0) is 13.1. The molecule has 0 spiro atoms. The van der Waals surface area contributed by atoms with Gasteiger partial charge in [-0.15, -0.1) is 0 Å². The average Bonchev–Trinajstić information content (AvgIpc) is 2.71.